The molecular formula is C24H30F3N3O2. The number of pyridine rings is 1. The number of fused-ring (bicyclic) bond motifs is 1. The molecule has 2 unspecified atom stereocenters. The van der Waals surface area contributed by atoms with Crippen LogP contribution < -0.4 is 10.3 Å². The van der Waals surface area contributed by atoms with Crippen LogP contribution in [0, 0.1) is 5.92 Å². The highest BCUT2D eigenvalue weighted by Gasteiger charge is 2.32. The van der Waals surface area contributed by atoms with E-state index in [1.807, 2.05) is 11.0 Å². The number of aromatic nitrogens is 1. The number of piperidine rings is 1. The van der Waals surface area contributed by atoms with E-state index < -0.39 is 11.7 Å². The fraction of sp³-hybridized carbons (Fsp3) is 0.542. The maximum absolute atomic E-state index is 13.0. The molecule has 1 aromatic carbocycles. The van der Waals surface area contributed by atoms with Crippen molar-refractivity contribution in [1.29, 1.82) is 0 Å². The van der Waals surface area contributed by atoms with Crippen LogP contribution in [-0.4, -0.2) is 40.6 Å². The van der Waals surface area contributed by atoms with Gasteiger partial charge in [-0.1, -0.05) is 6.07 Å². The van der Waals surface area contributed by atoms with Crippen LogP contribution >= 0.6 is 0 Å². The maximum Gasteiger partial charge on any atom is 0.416 e. The summed E-state index contributed by atoms with van der Waals surface area (Å²) in [7, 11) is 3.84. The zero-order chi connectivity index (χ0) is 23.0. The predicted molar refractivity (Wildman–Crippen MR) is 116 cm³/mol. The first-order valence-electron chi connectivity index (χ1n) is 11.0. The molecule has 0 spiro atoms. The van der Waals surface area contributed by atoms with Crippen LogP contribution in [0.25, 0.3) is 0 Å². The predicted octanol–water partition coefficient (Wildman–Crippen LogP) is 4.03. The van der Waals surface area contributed by atoms with Gasteiger partial charge in [-0.3, -0.25) is 9.69 Å². The van der Waals surface area contributed by atoms with E-state index >= 15 is 0 Å². The van der Waals surface area contributed by atoms with E-state index in [-0.39, 0.29) is 5.56 Å². The number of ether oxygens (including phenoxy) is 1. The lowest BCUT2D eigenvalue weighted by Crippen LogP contribution is -2.39. The zero-order valence-corrected chi connectivity index (χ0v) is 18.8. The normalized spacial score (nSPS) is 22.2. The number of alkyl halides is 3. The molecule has 32 heavy (non-hydrogen) atoms. The minimum absolute atomic E-state index is 0.181. The van der Waals surface area contributed by atoms with E-state index in [1.165, 1.54) is 6.07 Å². The Morgan fingerprint density at radius 3 is 2.56 bits per heavy atom. The van der Waals surface area contributed by atoms with Gasteiger partial charge in [0.05, 0.1) is 12.2 Å². The number of likely N-dealkylation sites (tertiary alicyclic amines) is 1. The molecule has 2 aliphatic heterocycles. The van der Waals surface area contributed by atoms with Crippen molar-refractivity contribution >= 4 is 0 Å². The Hall–Kier alpha value is -2.32. The summed E-state index contributed by atoms with van der Waals surface area (Å²) in [6, 6.07) is 8.03. The largest absolute Gasteiger partial charge is 0.488 e. The molecule has 8 heteroatoms. The topological polar surface area (TPSA) is 37.7 Å². The molecule has 5 nitrogen and oxygen atoms in total. The Kier molecular flexibility index (Phi) is 6.36. The molecule has 2 aromatic rings. The Morgan fingerprint density at radius 1 is 1.09 bits per heavy atom. The van der Waals surface area contributed by atoms with Crippen LogP contribution in [0.4, 0.5) is 13.2 Å². The maximum atomic E-state index is 13.0. The van der Waals surface area contributed by atoms with Crippen LogP contribution in [0.5, 0.6) is 5.75 Å². The van der Waals surface area contributed by atoms with Crippen LogP contribution in [0.2, 0.25) is 0 Å². The van der Waals surface area contributed by atoms with E-state index in [1.54, 1.807) is 23.7 Å². The lowest BCUT2D eigenvalue weighted by Gasteiger charge is -2.34. The smallest absolute Gasteiger partial charge is 0.416 e. The third kappa shape index (κ3) is 4.86. The molecule has 174 valence electrons. The van der Waals surface area contributed by atoms with Crippen molar-refractivity contribution < 1.29 is 17.9 Å². The second-order valence-electron chi connectivity index (χ2n) is 9.21. The first kappa shape index (κ1) is 22.9. The number of hydrogen-bond donors (Lipinski definition) is 0. The first-order chi connectivity index (χ1) is 15.1. The minimum Gasteiger partial charge on any atom is -0.488 e. The molecule has 2 atom stereocenters. The van der Waals surface area contributed by atoms with Gasteiger partial charge in [0, 0.05) is 38.4 Å². The van der Waals surface area contributed by atoms with E-state index in [4.69, 9.17) is 4.74 Å². The van der Waals surface area contributed by atoms with E-state index in [0.29, 0.717) is 49.5 Å². The summed E-state index contributed by atoms with van der Waals surface area (Å²) in [6.45, 7) is 5.26. The molecular weight excluding hydrogens is 419 g/mol. The quantitative estimate of drug-likeness (QED) is 0.691. The molecule has 3 heterocycles. The van der Waals surface area contributed by atoms with Gasteiger partial charge in [0.15, 0.2) is 5.75 Å². The number of hydrogen-bond acceptors (Lipinski definition) is 4. The number of rotatable bonds is 5. The summed E-state index contributed by atoms with van der Waals surface area (Å²) in [4.78, 5) is 17.2. The average molecular weight is 450 g/mol. The highest BCUT2D eigenvalue weighted by Crippen LogP contribution is 2.33. The van der Waals surface area contributed by atoms with E-state index in [0.717, 1.165) is 36.7 Å². The second-order valence-corrected chi connectivity index (χ2v) is 9.21. The highest BCUT2D eigenvalue weighted by atomic mass is 19.4. The van der Waals surface area contributed by atoms with Crippen molar-refractivity contribution in [2.45, 2.75) is 51.6 Å². The van der Waals surface area contributed by atoms with E-state index in [9.17, 15) is 18.0 Å². The molecule has 0 N–H and O–H groups in total. The number of benzene rings is 1. The van der Waals surface area contributed by atoms with Gasteiger partial charge in [0.2, 0.25) is 0 Å². The standard InChI is InChI=1S/C24H30F3N3O2/c1-16-10-17(8-9-28(16)2)15-32-22-7-6-21(29(3)23(22)31)14-30-12-18-4-5-20(24(25,26)27)11-19(18)13-30/h4-7,11,16-17H,8-10,12-15H2,1-3H3. The summed E-state index contributed by atoms with van der Waals surface area (Å²) < 4.78 is 46.4. The fourth-order valence-electron chi connectivity index (χ4n) is 4.65. The molecule has 1 aromatic heterocycles. The fourth-order valence-corrected chi connectivity index (χ4v) is 4.65. The lowest BCUT2D eigenvalue weighted by atomic mass is 9.93. The van der Waals surface area contributed by atoms with Gasteiger partial charge in [0.1, 0.15) is 0 Å². The Morgan fingerprint density at radius 2 is 1.84 bits per heavy atom. The van der Waals surface area contributed by atoms with E-state index in [2.05, 4.69) is 18.9 Å². The molecule has 0 bridgehead atoms. The third-order valence-electron chi connectivity index (χ3n) is 6.87. The monoisotopic (exact) mass is 449 g/mol. The van der Waals surface area contributed by atoms with Gasteiger partial charge in [-0.05, 0) is 74.7 Å². The summed E-state index contributed by atoms with van der Waals surface area (Å²) in [5.74, 6) is 0.789. The molecule has 0 aliphatic carbocycles. The second kappa shape index (κ2) is 8.90. The molecule has 1 fully saturated rings. The summed E-state index contributed by atoms with van der Waals surface area (Å²) in [5.41, 5.74) is 1.59. The summed E-state index contributed by atoms with van der Waals surface area (Å²) in [5, 5.41) is 0. The zero-order valence-electron chi connectivity index (χ0n) is 18.8. The van der Waals surface area contributed by atoms with Gasteiger partial charge >= 0.3 is 6.18 Å². The van der Waals surface area contributed by atoms with Crippen molar-refractivity contribution in [3.8, 4) is 5.75 Å². The van der Waals surface area contributed by atoms with Crippen molar-refractivity contribution in [3.05, 3.63) is 63.1 Å². The van der Waals surface area contributed by atoms with Crippen molar-refractivity contribution in [2.24, 2.45) is 13.0 Å². The Bertz CT molecular complexity index is 1030. The molecule has 4 rings (SSSR count). The molecule has 0 saturated carbocycles. The van der Waals surface area contributed by atoms with Crippen molar-refractivity contribution in [3.63, 3.8) is 0 Å². The summed E-state index contributed by atoms with van der Waals surface area (Å²) in [6.07, 6.45) is -2.22. The third-order valence-corrected chi connectivity index (χ3v) is 6.87. The Balaban J connectivity index is 1.39. The number of nitrogens with zero attached hydrogens (tertiary/aromatic N) is 3. The van der Waals surface area contributed by atoms with Gasteiger partial charge in [0.25, 0.3) is 5.56 Å². The molecule has 0 amide bonds. The molecule has 0 radical (unpaired) electrons. The van der Waals surface area contributed by atoms with Gasteiger partial charge in [-0.25, -0.2) is 0 Å². The minimum atomic E-state index is -4.34. The summed E-state index contributed by atoms with van der Waals surface area (Å²) >= 11 is 0. The molecule has 2 aliphatic rings. The van der Waals surface area contributed by atoms with Crippen molar-refractivity contribution in [1.82, 2.24) is 14.4 Å². The number of halogens is 3. The van der Waals surface area contributed by atoms with Gasteiger partial charge < -0.3 is 14.2 Å². The van der Waals surface area contributed by atoms with Gasteiger partial charge in [-0.15, -0.1) is 0 Å². The lowest BCUT2D eigenvalue weighted by molar-refractivity contribution is -0.137. The van der Waals surface area contributed by atoms with Crippen LogP contribution in [0.15, 0.2) is 35.1 Å². The average Bonchev–Trinajstić information content (AvgIpc) is 3.14. The highest BCUT2D eigenvalue weighted by molar-refractivity contribution is 5.36. The van der Waals surface area contributed by atoms with Crippen molar-refractivity contribution in [2.75, 3.05) is 20.2 Å². The first-order valence-corrected chi connectivity index (χ1v) is 11.0. The molecule has 1 saturated heterocycles. The van der Waals surface area contributed by atoms with Crippen LogP contribution in [0.1, 0.15) is 42.1 Å². The van der Waals surface area contributed by atoms with Crippen LogP contribution in [0.3, 0.4) is 0 Å². The van der Waals surface area contributed by atoms with Gasteiger partial charge in [-0.2, -0.15) is 13.2 Å². The Labute approximate surface area is 186 Å². The van der Waals surface area contributed by atoms with Crippen LogP contribution in [-0.2, 0) is 32.9 Å². The SMILES string of the molecule is CC1CC(COc2ccc(CN3Cc4ccc(C(F)(F)F)cc4C3)n(C)c2=O)CCN1C.